The number of nitrogens with zero attached hydrogens (tertiary/aromatic N) is 4. The highest BCUT2D eigenvalue weighted by Gasteiger charge is 2.15. The summed E-state index contributed by atoms with van der Waals surface area (Å²) in [6.45, 7) is 2.26. The molecule has 2 heterocycles. The van der Waals surface area contributed by atoms with Crippen LogP contribution in [0.1, 0.15) is 29.3 Å². The molecule has 0 bridgehead atoms. The lowest BCUT2D eigenvalue weighted by Gasteiger charge is -2.15. The molecule has 0 saturated heterocycles. The van der Waals surface area contributed by atoms with E-state index < -0.39 is 0 Å². The lowest BCUT2D eigenvalue weighted by molar-refractivity contribution is 0.0914. The van der Waals surface area contributed by atoms with E-state index in [1.807, 2.05) is 55.7 Å². The van der Waals surface area contributed by atoms with Gasteiger partial charge in [0.2, 0.25) is 0 Å². The summed E-state index contributed by atoms with van der Waals surface area (Å²) in [6, 6.07) is 15.2. The summed E-state index contributed by atoms with van der Waals surface area (Å²) in [7, 11) is 0. The maximum atomic E-state index is 12.7. The van der Waals surface area contributed by atoms with Gasteiger partial charge in [0, 0.05) is 28.9 Å². The maximum absolute atomic E-state index is 12.7. The molecular formula is C23H23N5O2. The van der Waals surface area contributed by atoms with Crippen LogP contribution in [0.25, 0.3) is 22.0 Å². The van der Waals surface area contributed by atoms with Crippen LogP contribution in [-0.4, -0.2) is 43.6 Å². The van der Waals surface area contributed by atoms with Gasteiger partial charge in [-0.2, -0.15) is 0 Å². The number of pyridine rings is 1. The minimum atomic E-state index is -0.258. The standard InChI is InChI=1S/C23H23N5O2/c1-2-20(15-29)25-23(30)21-6-4-3-5-19(21)13-28-14-22(26-27-28)17-7-8-18-12-24-10-9-16(18)11-17/h3-12,14,20,29H,2,13,15H2,1H3,(H,25,30)/t20-/m0/s1. The van der Waals surface area contributed by atoms with E-state index in [2.05, 4.69) is 26.7 Å². The minimum absolute atomic E-state index is 0.0847. The van der Waals surface area contributed by atoms with Crippen molar-refractivity contribution in [2.75, 3.05) is 6.61 Å². The molecule has 7 heteroatoms. The maximum Gasteiger partial charge on any atom is 0.251 e. The van der Waals surface area contributed by atoms with E-state index in [-0.39, 0.29) is 18.6 Å². The first kappa shape index (κ1) is 19.7. The fraction of sp³-hybridized carbons (Fsp3) is 0.217. The molecule has 4 rings (SSSR count). The summed E-state index contributed by atoms with van der Waals surface area (Å²) >= 11 is 0. The van der Waals surface area contributed by atoms with Gasteiger partial charge in [-0.25, -0.2) is 4.68 Å². The second-order valence-electron chi connectivity index (χ2n) is 7.16. The van der Waals surface area contributed by atoms with E-state index in [9.17, 15) is 9.90 Å². The van der Waals surface area contributed by atoms with Gasteiger partial charge in [0.25, 0.3) is 5.91 Å². The number of aliphatic hydroxyl groups is 1. The molecule has 2 N–H and O–H groups in total. The normalized spacial score (nSPS) is 12.1. The molecular weight excluding hydrogens is 378 g/mol. The summed E-state index contributed by atoms with van der Waals surface area (Å²) in [5.41, 5.74) is 3.14. The molecule has 0 radical (unpaired) electrons. The van der Waals surface area contributed by atoms with Crippen molar-refractivity contribution >= 4 is 16.7 Å². The highest BCUT2D eigenvalue weighted by Crippen LogP contribution is 2.22. The fourth-order valence-corrected chi connectivity index (χ4v) is 3.34. The average Bonchev–Trinajstić information content (AvgIpc) is 3.26. The Morgan fingerprint density at radius 2 is 2.03 bits per heavy atom. The molecule has 7 nitrogen and oxygen atoms in total. The summed E-state index contributed by atoms with van der Waals surface area (Å²) in [6.07, 6.45) is 6.14. The first-order chi connectivity index (χ1) is 14.7. The largest absolute Gasteiger partial charge is 0.394 e. The molecule has 0 aliphatic carbocycles. The second-order valence-corrected chi connectivity index (χ2v) is 7.16. The molecule has 30 heavy (non-hydrogen) atoms. The van der Waals surface area contributed by atoms with Crippen LogP contribution in [0, 0.1) is 0 Å². The zero-order valence-electron chi connectivity index (χ0n) is 16.7. The monoisotopic (exact) mass is 401 g/mol. The summed E-state index contributed by atoms with van der Waals surface area (Å²) in [4.78, 5) is 16.8. The van der Waals surface area contributed by atoms with Gasteiger partial charge in [-0.05, 0) is 35.6 Å². The molecule has 0 saturated carbocycles. The molecule has 4 aromatic rings. The van der Waals surface area contributed by atoms with E-state index in [1.54, 1.807) is 16.9 Å². The van der Waals surface area contributed by atoms with Crippen LogP contribution in [0.5, 0.6) is 0 Å². The second kappa shape index (κ2) is 8.84. The van der Waals surface area contributed by atoms with Gasteiger partial charge in [-0.3, -0.25) is 9.78 Å². The lowest BCUT2D eigenvalue weighted by Crippen LogP contribution is -2.37. The molecule has 0 aliphatic heterocycles. The van der Waals surface area contributed by atoms with Gasteiger partial charge >= 0.3 is 0 Å². The first-order valence-electron chi connectivity index (χ1n) is 9.92. The van der Waals surface area contributed by atoms with Gasteiger partial charge in [0.1, 0.15) is 5.69 Å². The van der Waals surface area contributed by atoms with E-state index >= 15 is 0 Å². The fourth-order valence-electron chi connectivity index (χ4n) is 3.34. The van der Waals surface area contributed by atoms with Crippen molar-refractivity contribution in [3.05, 3.63) is 78.2 Å². The Bertz CT molecular complexity index is 1170. The van der Waals surface area contributed by atoms with Crippen LogP contribution in [0.3, 0.4) is 0 Å². The number of nitrogens with one attached hydrogen (secondary N) is 1. The topological polar surface area (TPSA) is 92.9 Å². The number of fused-ring (bicyclic) bond motifs is 1. The van der Waals surface area contributed by atoms with Crippen LogP contribution in [0.2, 0.25) is 0 Å². The van der Waals surface area contributed by atoms with Crippen molar-refractivity contribution in [3.8, 4) is 11.3 Å². The number of hydrogen-bond donors (Lipinski definition) is 2. The van der Waals surface area contributed by atoms with E-state index in [1.165, 1.54) is 0 Å². The van der Waals surface area contributed by atoms with Crippen molar-refractivity contribution in [1.82, 2.24) is 25.3 Å². The number of amides is 1. The lowest BCUT2D eigenvalue weighted by atomic mass is 10.1. The molecule has 2 aromatic carbocycles. The van der Waals surface area contributed by atoms with Crippen molar-refractivity contribution in [1.29, 1.82) is 0 Å². The summed E-state index contributed by atoms with van der Waals surface area (Å²) < 4.78 is 1.72. The third-order valence-electron chi connectivity index (χ3n) is 5.12. The molecule has 0 spiro atoms. The molecule has 0 unspecified atom stereocenters. The predicted molar refractivity (Wildman–Crippen MR) is 115 cm³/mol. The molecule has 1 amide bonds. The number of hydrogen-bond acceptors (Lipinski definition) is 5. The number of benzene rings is 2. The van der Waals surface area contributed by atoms with Gasteiger partial charge in [0.05, 0.1) is 25.4 Å². The van der Waals surface area contributed by atoms with Crippen LogP contribution in [-0.2, 0) is 6.54 Å². The van der Waals surface area contributed by atoms with Gasteiger partial charge in [-0.1, -0.05) is 42.5 Å². The molecule has 1 atom stereocenters. The minimum Gasteiger partial charge on any atom is -0.394 e. The predicted octanol–water partition coefficient (Wildman–Crippen LogP) is 3.04. The first-order valence-corrected chi connectivity index (χ1v) is 9.92. The highest BCUT2D eigenvalue weighted by atomic mass is 16.3. The number of rotatable bonds is 7. The van der Waals surface area contributed by atoms with Crippen LogP contribution < -0.4 is 5.32 Å². The molecule has 2 aromatic heterocycles. The third-order valence-corrected chi connectivity index (χ3v) is 5.12. The number of aromatic nitrogens is 4. The Hall–Kier alpha value is -3.58. The smallest absolute Gasteiger partial charge is 0.251 e. The number of aliphatic hydroxyl groups excluding tert-OH is 1. The van der Waals surface area contributed by atoms with Crippen molar-refractivity contribution < 1.29 is 9.90 Å². The van der Waals surface area contributed by atoms with Crippen LogP contribution in [0.4, 0.5) is 0 Å². The highest BCUT2D eigenvalue weighted by molar-refractivity contribution is 5.95. The van der Waals surface area contributed by atoms with Gasteiger partial charge < -0.3 is 10.4 Å². The van der Waals surface area contributed by atoms with Gasteiger partial charge in [0.15, 0.2) is 0 Å². The summed E-state index contributed by atoms with van der Waals surface area (Å²) in [5, 5.41) is 22.9. The Morgan fingerprint density at radius 1 is 1.17 bits per heavy atom. The van der Waals surface area contributed by atoms with Gasteiger partial charge in [-0.15, -0.1) is 5.10 Å². The molecule has 0 fully saturated rings. The third kappa shape index (κ3) is 4.21. The van der Waals surface area contributed by atoms with Crippen LogP contribution >= 0.6 is 0 Å². The Balaban J connectivity index is 1.56. The quantitative estimate of drug-likeness (QED) is 0.497. The van der Waals surface area contributed by atoms with Crippen molar-refractivity contribution in [3.63, 3.8) is 0 Å². The Kier molecular flexibility index (Phi) is 5.81. The SMILES string of the molecule is CC[C@@H](CO)NC(=O)c1ccccc1Cn1cc(-c2ccc3cnccc3c2)nn1. The average molecular weight is 401 g/mol. The number of carbonyl (C=O) groups is 1. The van der Waals surface area contributed by atoms with Crippen molar-refractivity contribution in [2.45, 2.75) is 25.9 Å². The Labute approximate surface area is 174 Å². The zero-order chi connectivity index (χ0) is 20.9. The summed E-state index contributed by atoms with van der Waals surface area (Å²) in [5.74, 6) is -0.199. The van der Waals surface area contributed by atoms with E-state index in [4.69, 9.17) is 0 Å². The molecule has 152 valence electrons. The number of carbonyl (C=O) groups excluding carboxylic acids is 1. The van der Waals surface area contributed by atoms with Crippen LogP contribution in [0.15, 0.2) is 67.1 Å². The van der Waals surface area contributed by atoms with E-state index in [0.29, 0.717) is 18.5 Å². The zero-order valence-corrected chi connectivity index (χ0v) is 16.7. The van der Waals surface area contributed by atoms with Crippen molar-refractivity contribution in [2.24, 2.45) is 0 Å². The molecule has 0 aliphatic rings. The Morgan fingerprint density at radius 3 is 2.87 bits per heavy atom. The van der Waals surface area contributed by atoms with E-state index in [0.717, 1.165) is 27.6 Å².